The predicted molar refractivity (Wildman–Crippen MR) is 119 cm³/mol. The maximum absolute atomic E-state index is 13.7. The molecule has 1 N–H and O–H groups in total. The highest BCUT2D eigenvalue weighted by Gasteiger charge is 2.90. The van der Waals surface area contributed by atoms with E-state index >= 15 is 0 Å². The molecule has 5 fully saturated rings. The second-order valence-electron chi connectivity index (χ2n) is 11.9. The first-order valence-corrected chi connectivity index (χ1v) is 12.3. The zero-order chi connectivity index (χ0) is 25.7. The van der Waals surface area contributed by atoms with Gasteiger partial charge in [-0.2, -0.15) is 0 Å². The molecule has 0 aromatic heterocycles. The van der Waals surface area contributed by atoms with Crippen molar-refractivity contribution in [1.82, 2.24) is 0 Å². The molecule has 1 heterocycles. The quantitative estimate of drug-likeness (QED) is 0.359. The maximum Gasteiger partial charge on any atom is 0.339 e. The first kappa shape index (κ1) is 24.3. The molecule has 4 bridgehead atoms. The van der Waals surface area contributed by atoms with Gasteiger partial charge in [0, 0.05) is 32.6 Å². The third kappa shape index (κ3) is 2.79. The van der Waals surface area contributed by atoms with Crippen molar-refractivity contribution in [3.05, 3.63) is 12.2 Å². The number of esters is 4. The van der Waals surface area contributed by atoms with Gasteiger partial charge in [0.2, 0.25) is 0 Å². The molecule has 0 radical (unpaired) electrons. The van der Waals surface area contributed by atoms with E-state index in [1.54, 1.807) is 0 Å². The highest BCUT2D eigenvalue weighted by atomic mass is 16.6. The van der Waals surface area contributed by atoms with Crippen LogP contribution in [0.15, 0.2) is 12.2 Å². The molecule has 1 spiro atoms. The summed E-state index contributed by atoms with van der Waals surface area (Å²) in [5.74, 6) is -3.88. The zero-order valence-corrected chi connectivity index (χ0v) is 20.9. The first-order valence-electron chi connectivity index (χ1n) is 12.3. The molecular formula is C26H34O9. The van der Waals surface area contributed by atoms with Crippen LogP contribution in [0, 0.1) is 34.0 Å². The molecule has 0 aromatic carbocycles. The topological polar surface area (TPSA) is 125 Å². The van der Waals surface area contributed by atoms with Crippen molar-refractivity contribution >= 4 is 23.9 Å². The second-order valence-corrected chi connectivity index (χ2v) is 11.9. The van der Waals surface area contributed by atoms with Crippen LogP contribution >= 0.6 is 0 Å². The Balaban J connectivity index is 1.84. The molecule has 1 saturated heterocycles. The molecular weight excluding hydrogens is 456 g/mol. The van der Waals surface area contributed by atoms with Crippen LogP contribution < -0.4 is 0 Å². The van der Waals surface area contributed by atoms with Crippen molar-refractivity contribution in [3.63, 3.8) is 0 Å². The van der Waals surface area contributed by atoms with E-state index in [2.05, 4.69) is 6.58 Å². The van der Waals surface area contributed by atoms with E-state index in [1.165, 1.54) is 20.8 Å². The van der Waals surface area contributed by atoms with Crippen molar-refractivity contribution in [2.75, 3.05) is 6.61 Å². The van der Waals surface area contributed by atoms with E-state index in [0.29, 0.717) is 31.3 Å². The fourth-order valence-electron chi connectivity index (χ4n) is 9.23. The molecule has 35 heavy (non-hydrogen) atoms. The molecule has 0 unspecified atom stereocenters. The molecule has 9 heteroatoms. The normalized spacial score (nSPS) is 46.7. The number of carbonyl (C=O) groups is 4. The Hall–Kier alpha value is -2.42. The fourth-order valence-corrected chi connectivity index (χ4v) is 9.23. The van der Waals surface area contributed by atoms with Gasteiger partial charge in [0.05, 0.1) is 10.8 Å². The average molecular weight is 491 g/mol. The van der Waals surface area contributed by atoms with Crippen molar-refractivity contribution in [2.24, 2.45) is 34.0 Å². The van der Waals surface area contributed by atoms with Gasteiger partial charge < -0.3 is 24.1 Å². The van der Waals surface area contributed by atoms with Gasteiger partial charge in [0.1, 0.15) is 24.9 Å². The Kier molecular flexibility index (Phi) is 5.07. The summed E-state index contributed by atoms with van der Waals surface area (Å²) in [5, 5.41) is 12.7. The van der Waals surface area contributed by atoms with E-state index in [4.69, 9.17) is 18.9 Å². The van der Waals surface area contributed by atoms with E-state index < -0.39 is 75.9 Å². The highest BCUT2D eigenvalue weighted by molar-refractivity contribution is 5.85. The van der Waals surface area contributed by atoms with E-state index in [1.807, 2.05) is 13.8 Å². The molecule has 4 saturated carbocycles. The van der Waals surface area contributed by atoms with Gasteiger partial charge in [-0.3, -0.25) is 14.4 Å². The summed E-state index contributed by atoms with van der Waals surface area (Å²) in [6.45, 7) is 12.1. The molecule has 5 rings (SSSR count). The van der Waals surface area contributed by atoms with Crippen LogP contribution in [0.4, 0.5) is 0 Å². The second kappa shape index (κ2) is 7.31. The summed E-state index contributed by atoms with van der Waals surface area (Å²) in [6, 6.07) is 0. The zero-order valence-electron chi connectivity index (χ0n) is 20.9. The van der Waals surface area contributed by atoms with Gasteiger partial charge in [-0.1, -0.05) is 20.4 Å². The summed E-state index contributed by atoms with van der Waals surface area (Å²) < 4.78 is 23.4. The summed E-state index contributed by atoms with van der Waals surface area (Å²) in [4.78, 5) is 50.5. The minimum absolute atomic E-state index is 0.0890. The number of aliphatic hydroxyl groups is 1. The first-order chi connectivity index (χ1) is 16.2. The SMILES string of the molecule is C=C1[C@@H]2C[C@@H](OC(C)=O)[C@H]3[C@@]45COC(=O)[C@](O)([C@@H]4C(C)(C)CC[C@@H]5OC(C)=O)[C@]3(C2)[C@@H]1OC(C)=O. The maximum atomic E-state index is 13.7. The molecule has 0 aromatic rings. The standard InChI is InChI=1S/C26H34O9/c1-12-16-9-17(33-13(2)27)19-24-11-32-22(30)26(31,25(19,10-16)20(12)35-15(4)29)21(24)23(5,6)8-7-18(24)34-14(3)28/h16-21,31H,1,7-11H2,2-6H3/t16-,17-,18+,19+,20-,21-,24+,25+,26-/m1/s1. The van der Waals surface area contributed by atoms with Gasteiger partial charge >= 0.3 is 23.9 Å². The van der Waals surface area contributed by atoms with Crippen LogP contribution in [-0.2, 0) is 38.1 Å². The van der Waals surface area contributed by atoms with Crippen LogP contribution in [0.1, 0.15) is 60.3 Å². The molecule has 1 aliphatic heterocycles. The van der Waals surface area contributed by atoms with Gasteiger partial charge in [-0.15, -0.1) is 0 Å². The third-order valence-electron chi connectivity index (χ3n) is 9.71. The van der Waals surface area contributed by atoms with Crippen LogP contribution in [0.2, 0.25) is 0 Å². The molecule has 0 amide bonds. The Morgan fingerprint density at radius 1 is 1.06 bits per heavy atom. The van der Waals surface area contributed by atoms with Gasteiger partial charge in [-0.25, -0.2) is 4.79 Å². The molecule has 5 aliphatic rings. The largest absolute Gasteiger partial charge is 0.463 e. The Morgan fingerprint density at radius 3 is 2.29 bits per heavy atom. The van der Waals surface area contributed by atoms with E-state index in [-0.39, 0.29) is 12.5 Å². The van der Waals surface area contributed by atoms with Crippen LogP contribution in [0.5, 0.6) is 0 Å². The van der Waals surface area contributed by atoms with Gasteiger partial charge in [-0.05, 0) is 42.6 Å². The summed E-state index contributed by atoms with van der Waals surface area (Å²) >= 11 is 0. The number of rotatable bonds is 3. The van der Waals surface area contributed by atoms with Crippen LogP contribution in [-0.4, -0.2) is 59.5 Å². The highest BCUT2D eigenvalue weighted by Crippen LogP contribution is 2.81. The number of ether oxygens (including phenoxy) is 4. The molecule has 4 aliphatic carbocycles. The Labute approximate surface area is 204 Å². The minimum Gasteiger partial charge on any atom is -0.463 e. The average Bonchev–Trinajstić information content (AvgIpc) is 3.05. The lowest BCUT2D eigenvalue weighted by atomic mass is 9.50. The van der Waals surface area contributed by atoms with Crippen molar-refractivity contribution in [2.45, 2.75) is 84.2 Å². The monoisotopic (exact) mass is 490 g/mol. The predicted octanol–water partition coefficient (Wildman–Crippen LogP) is 2.09. The van der Waals surface area contributed by atoms with Crippen molar-refractivity contribution < 1.29 is 43.2 Å². The smallest absolute Gasteiger partial charge is 0.339 e. The number of fused-ring (bicyclic) bond motifs is 1. The number of carbonyl (C=O) groups excluding carboxylic acids is 4. The number of cyclic esters (lactones) is 1. The summed E-state index contributed by atoms with van der Waals surface area (Å²) in [7, 11) is 0. The van der Waals surface area contributed by atoms with Gasteiger partial charge in [0.15, 0.2) is 5.60 Å². The lowest BCUT2D eigenvalue weighted by Crippen LogP contribution is -2.68. The minimum atomic E-state index is -2.06. The van der Waals surface area contributed by atoms with Crippen molar-refractivity contribution in [1.29, 1.82) is 0 Å². The third-order valence-corrected chi connectivity index (χ3v) is 9.71. The van der Waals surface area contributed by atoms with Crippen LogP contribution in [0.3, 0.4) is 0 Å². The molecule has 9 atom stereocenters. The number of hydrogen-bond acceptors (Lipinski definition) is 9. The summed E-state index contributed by atoms with van der Waals surface area (Å²) in [6.07, 6.45) is -0.518. The molecule has 192 valence electrons. The van der Waals surface area contributed by atoms with Crippen molar-refractivity contribution in [3.8, 4) is 0 Å². The van der Waals surface area contributed by atoms with Gasteiger partial charge in [0.25, 0.3) is 0 Å². The van der Waals surface area contributed by atoms with E-state index in [9.17, 15) is 24.3 Å². The lowest BCUT2D eigenvalue weighted by molar-refractivity contribution is -0.245. The van der Waals surface area contributed by atoms with Crippen LogP contribution in [0.25, 0.3) is 0 Å². The van der Waals surface area contributed by atoms with E-state index in [0.717, 1.165) is 0 Å². The fraction of sp³-hybridized carbons (Fsp3) is 0.769. The number of hydrogen-bond donors (Lipinski definition) is 1. The molecule has 9 nitrogen and oxygen atoms in total. The Bertz CT molecular complexity index is 1030. The lowest BCUT2D eigenvalue weighted by Gasteiger charge is -2.58. The summed E-state index contributed by atoms with van der Waals surface area (Å²) in [5.41, 5.74) is -4.39. The Morgan fingerprint density at radius 2 is 1.69 bits per heavy atom.